The summed E-state index contributed by atoms with van der Waals surface area (Å²) < 4.78 is 0. The van der Waals surface area contributed by atoms with Crippen LogP contribution in [0, 0.1) is 0 Å². The van der Waals surface area contributed by atoms with Crippen molar-refractivity contribution in [2.75, 3.05) is 11.6 Å². The first-order valence-electron chi connectivity index (χ1n) is 3.66. The number of alkyl halides is 1. The van der Waals surface area contributed by atoms with Gasteiger partial charge in [0.25, 0.3) is 0 Å². The molecule has 0 radical (unpaired) electrons. The maximum atomic E-state index is 9.49. The fraction of sp³-hybridized carbons (Fsp3) is 0.333. The minimum absolute atomic E-state index is 0.392. The highest BCUT2D eigenvalue weighted by Gasteiger charge is 2.04. The fourth-order valence-electron chi connectivity index (χ4n) is 0.938. The van der Waals surface area contributed by atoms with Crippen LogP contribution in [0.15, 0.2) is 29.2 Å². The number of benzene rings is 1. The van der Waals surface area contributed by atoms with Gasteiger partial charge in [0.2, 0.25) is 0 Å². The Bertz CT molecular complexity index is 252. The smallest absolute Gasteiger partial charge is 0.0887 e. The molecule has 1 N–H and O–H groups in total. The molecule has 0 aromatic heterocycles. The first-order valence-corrected chi connectivity index (χ1v) is 6.00. The Morgan fingerprint density at radius 2 is 2.33 bits per heavy atom. The lowest BCUT2D eigenvalue weighted by atomic mass is 10.1. The van der Waals surface area contributed by atoms with E-state index in [2.05, 4.69) is 15.9 Å². The van der Waals surface area contributed by atoms with Gasteiger partial charge in [-0.15, -0.1) is 11.8 Å². The van der Waals surface area contributed by atoms with Gasteiger partial charge in [0, 0.05) is 10.2 Å². The van der Waals surface area contributed by atoms with Crippen LogP contribution in [0.5, 0.6) is 0 Å². The largest absolute Gasteiger partial charge is 0.388 e. The number of aliphatic hydroxyl groups excluding tert-OH is 1. The van der Waals surface area contributed by atoms with E-state index >= 15 is 0 Å². The first kappa shape index (κ1) is 10.1. The monoisotopic (exact) mass is 246 g/mol. The Hall–Kier alpha value is 0.01000. The van der Waals surface area contributed by atoms with Crippen molar-refractivity contribution >= 4 is 27.7 Å². The highest BCUT2D eigenvalue weighted by Crippen LogP contribution is 2.21. The molecule has 0 bridgehead atoms. The molecule has 1 nitrogen and oxygen atoms in total. The van der Waals surface area contributed by atoms with Gasteiger partial charge >= 0.3 is 0 Å². The second-order valence-corrected chi connectivity index (χ2v) is 3.97. The molecular weight excluding hydrogens is 236 g/mol. The van der Waals surface area contributed by atoms with E-state index in [1.165, 1.54) is 4.90 Å². The van der Waals surface area contributed by atoms with E-state index < -0.39 is 6.10 Å². The quantitative estimate of drug-likeness (QED) is 0.654. The zero-order valence-electron chi connectivity index (χ0n) is 6.83. The van der Waals surface area contributed by atoms with E-state index in [0.29, 0.717) is 5.33 Å². The Kier molecular flexibility index (Phi) is 4.12. The van der Waals surface area contributed by atoms with Crippen molar-refractivity contribution < 1.29 is 5.11 Å². The van der Waals surface area contributed by atoms with E-state index in [1.807, 2.05) is 30.5 Å². The van der Waals surface area contributed by atoms with E-state index in [-0.39, 0.29) is 0 Å². The van der Waals surface area contributed by atoms with Crippen LogP contribution in [0.2, 0.25) is 0 Å². The first-order chi connectivity index (χ1) is 5.77. The Morgan fingerprint density at radius 1 is 1.58 bits per heavy atom. The lowest BCUT2D eigenvalue weighted by Crippen LogP contribution is -1.97. The number of rotatable bonds is 3. The molecule has 1 unspecified atom stereocenters. The second kappa shape index (κ2) is 4.90. The summed E-state index contributed by atoms with van der Waals surface area (Å²) in [4.78, 5) is 1.19. The van der Waals surface area contributed by atoms with Crippen LogP contribution in [-0.2, 0) is 0 Å². The fourth-order valence-corrected chi connectivity index (χ4v) is 1.78. The van der Waals surface area contributed by atoms with Crippen molar-refractivity contribution in [3.63, 3.8) is 0 Å². The number of halogens is 1. The molecule has 12 heavy (non-hydrogen) atoms. The van der Waals surface area contributed by atoms with Gasteiger partial charge in [-0.3, -0.25) is 0 Å². The summed E-state index contributed by atoms with van der Waals surface area (Å²) >= 11 is 4.93. The molecule has 1 rings (SSSR count). The summed E-state index contributed by atoms with van der Waals surface area (Å²) in [5, 5.41) is 10.1. The van der Waals surface area contributed by atoms with Gasteiger partial charge in [-0.2, -0.15) is 0 Å². The third-order valence-corrected chi connectivity index (χ3v) is 2.96. The molecule has 1 aromatic rings. The summed E-state index contributed by atoms with van der Waals surface area (Å²) in [5.74, 6) is 0. The molecule has 3 heteroatoms. The Morgan fingerprint density at radius 3 is 2.92 bits per heavy atom. The standard InChI is InChI=1S/C9H11BrOS/c1-12-8-4-2-3-7(5-8)9(11)6-10/h2-5,9,11H,6H2,1H3. The molecule has 0 fully saturated rings. The van der Waals surface area contributed by atoms with Gasteiger partial charge in [0.1, 0.15) is 0 Å². The van der Waals surface area contributed by atoms with E-state index in [9.17, 15) is 5.11 Å². The van der Waals surface area contributed by atoms with Crippen LogP contribution >= 0.6 is 27.7 Å². The van der Waals surface area contributed by atoms with Gasteiger partial charge < -0.3 is 5.11 Å². The predicted molar refractivity (Wildman–Crippen MR) is 57.0 cm³/mol. The van der Waals surface area contributed by atoms with Gasteiger partial charge in [-0.1, -0.05) is 28.1 Å². The molecule has 0 spiro atoms. The van der Waals surface area contributed by atoms with E-state index in [4.69, 9.17) is 0 Å². The van der Waals surface area contributed by atoms with Gasteiger partial charge in [0.15, 0.2) is 0 Å². The maximum Gasteiger partial charge on any atom is 0.0887 e. The van der Waals surface area contributed by atoms with Crippen molar-refractivity contribution in [3.05, 3.63) is 29.8 Å². The van der Waals surface area contributed by atoms with Crippen LogP contribution < -0.4 is 0 Å². The number of hydrogen-bond acceptors (Lipinski definition) is 2. The zero-order valence-corrected chi connectivity index (χ0v) is 9.23. The summed E-state index contributed by atoms with van der Waals surface area (Å²) in [7, 11) is 0. The SMILES string of the molecule is CSc1cccc(C(O)CBr)c1. The Labute approximate surface area is 85.3 Å². The highest BCUT2D eigenvalue weighted by atomic mass is 79.9. The minimum Gasteiger partial charge on any atom is -0.388 e. The summed E-state index contributed by atoms with van der Waals surface area (Å²) in [6, 6.07) is 7.95. The zero-order chi connectivity index (χ0) is 8.97. The van der Waals surface area contributed by atoms with Crippen molar-refractivity contribution in [3.8, 4) is 0 Å². The van der Waals surface area contributed by atoms with E-state index in [0.717, 1.165) is 5.56 Å². The minimum atomic E-state index is -0.392. The average Bonchev–Trinajstić information content (AvgIpc) is 2.17. The average molecular weight is 247 g/mol. The molecule has 0 aliphatic rings. The lowest BCUT2D eigenvalue weighted by molar-refractivity contribution is 0.205. The molecule has 66 valence electrons. The van der Waals surface area contributed by atoms with Crippen molar-refractivity contribution in [1.82, 2.24) is 0 Å². The summed E-state index contributed by atoms with van der Waals surface area (Å²) in [6.07, 6.45) is 1.64. The van der Waals surface area contributed by atoms with Crippen LogP contribution in [0.4, 0.5) is 0 Å². The van der Waals surface area contributed by atoms with Gasteiger partial charge in [-0.05, 0) is 24.0 Å². The number of aliphatic hydroxyl groups is 1. The Balaban J connectivity index is 2.86. The highest BCUT2D eigenvalue weighted by molar-refractivity contribution is 9.09. The molecule has 0 aliphatic carbocycles. The molecule has 1 atom stereocenters. The maximum absolute atomic E-state index is 9.49. The van der Waals surface area contributed by atoms with Gasteiger partial charge in [0.05, 0.1) is 6.10 Å². The molecule has 0 amide bonds. The molecule has 1 aromatic carbocycles. The van der Waals surface area contributed by atoms with Gasteiger partial charge in [-0.25, -0.2) is 0 Å². The van der Waals surface area contributed by atoms with Crippen LogP contribution in [0.3, 0.4) is 0 Å². The molecule has 0 saturated carbocycles. The summed E-state index contributed by atoms with van der Waals surface area (Å²) in [5.41, 5.74) is 0.971. The number of thioether (sulfide) groups is 1. The molecular formula is C9H11BrOS. The third kappa shape index (κ3) is 2.51. The molecule has 0 aliphatic heterocycles. The van der Waals surface area contributed by atoms with Crippen molar-refractivity contribution in [2.45, 2.75) is 11.0 Å². The van der Waals surface area contributed by atoms with Crippen LogP contribution in [-0.4, -0.2) is 16.7 Å². The predicted octanol–water partition coefficient (Wildman–Crippen LogP) is 2.84. The second-order valence-electron chi connectivity index (χ2n) is 2.45. The molecule has 0 heterocycles. The van der Waals surface area contributed by atoms with E-state index in [1.54, 1.807) is 11.8 Å². The van der Waals surface area contributed by atoms with Crippen molar-refractivity contribution in [1.29, 1.82) is 0 Å². The topological polar surface area (TPSA) is 20.2 Å². The lowest BCUT2D eigenvalue weighted by Gasteiger charge is -2.07. The number of hydrogen-bond donors (Lipinski definition) is 1. The summed E-state index contributed by atoms with van der Waals surface area (Å²) in [6.45, 7) is 0. The normalized spacial score (nSPS) is 12.9. The van der Waals surface area contributed by atoms with Crippen molar-refractivity contribution in [2.24, 2.45) is 0 Å². The van der Waals surface area contributed by atoms with Crippen LogP contribution in [0.25, 0.3) is 0 Å². The third-order valence-electron chi connectivity index (χ3n) is 1.62. The molecule has 0 saturated heterocycles. The van der Waals surface area contributed by atoms with Crippen LogP contribution in [0.1, 0.15) is 11.7 Å².